The molecule has 0 saturated carbocycles. The first-order chi connectivity index (χ1) is 16.6. The number of fused-ring (bicyclic) bond motifs is 1. The number of rotatable bonds is 11. The molecule has 1 atom stereocenters. The van der Waals surface area contributed by atoms with Gasteiger partial charge >= 0.3 is 5.97 Å². The molecular weight excluding hydrogens is 430 g/mol. The molecule has 2 aliphatic rings. The van der Waals surface area contributed by atoms with Crippen molar-refractivity contribution in [2.24, 2.45) is 4.99 Å². The van der Waals surface area contributed by atoms with Crippen molar-refractivity contribution < 1.29 is 14.6 Å². The molecule has 1 aromatic carbocycles. The van der Waals surface area contributed by atoms with E-state index in [-0.39, 0.29) is 6.10 Å². The summed E-state index contributed by atoms with van der Waals surface area (Å²) in [5, 5.41) is 13.2. The number of carboxylic acid groups (broad SMARTS) is 1. The summed E-state index contributed by atoms with van der Waals surface area (Å²) >= 11 is 0. The van der Waals surface area contributed by atoms with E-state index in [1.807, 2.05) is 17.0 Å². The van der Waals surface area contributed by atoms with Crippen LogP contribution in [0.2, 0.25) is 0 Å². The van der Waals surface area contributed by atoms with E-state index in [9.17, 15) is 9.90 Å². The fraction of sp³-hybridized carbons (Fsp3) is 0.500. The molecule has 3 heterocycles. The quantitative estimate of drug-likeness (QED) is 0.265. The summed E-state index contributed by atoms with van der Waals surface area (Å²) < 4.78 is 5.98. The van der Waals surface area contributed by atoms with E-state index >= 15 is 0 Å². The number of aliphatic carboxylic acids is 1. The molecule has 34 heavy (non-hydrogen) atoms. The van der Waals surface area contributed by atoms with Crippen LogP contribution in [-0.4, -0.2) is 66.6 Å². The van der Waals surface area contributed by atoms with Crippen LogP contribution in [0.25, 0.3) is 0 Å². The van der Waals surface area contributed by atoms with Gasteiger partial charge in [0.2, 0.25) is 0 Å². The largest absolute Gasteiger partial charge is 0.480 e. The van der Waals surface area contributed by atoms with Gasteiger partial charge in [0, 0.05) is 62.0 Å². The lowest BCUT2D eigenvalue weighted by molar-refractivity contribution is -0.150. The molecule has 8 nitrogen and oxygen atoms in total. The number of ether oxygens (including phenoxy) is 1. The summed E-state index contributed by atoms with van der Waals surface area (Å²) in [7, 11) is 1.67. The van der Waals surface area contributed by atoms with Crippen LogP contribution in [0.15, 0.2) is 35.3 Å². The second kappa shape index (κ2) is 11.4. The first-order valence-corrected chi connectivity index (χ1v) is 12.2. The number of nitrogens with zero attached hydrogens (tertiary/aromatic N) is 3. The molecule has 4 rings (SSSR count). The van der Waals surface area contributed by atoms with Gasteiger partial charge in [-0.15, -0.1) is 0 Å². The number of aromatic nitrogens is 1. The van der Waals surface area contributed by atoms with E-state index in [0.29, 0.717) is 30.9 Å². The number of aryl methyl sites for hydroxylation is 2. The topological polar surface area (TPSA) is 113 Å². The molecule has 2 aromatic rings. The number of pyridine rings is 1. The molecule has 1 fully saturated rings. The second-order valence-corrected chi connectivity index (χ2v) is 9.08. The number of nitrogen functional groups attached to an aromatic ring is 1. The van der Waals surface area contributed by atoms with Gasteiger partial charge in [-0.1, -0.05) is 30.7 Å². The normalized spacial score (nSPS) is 17.2. The number of likely N-dealkylation sites (tertiary alicyclic amines) is 1. The first kappa shape index (κ1) is 24.2. The molecule has 0 aliphatic carbocycles. The fourth-order valence-electron chi connectivity index (χ4n) is 4.71. The number of carbonyl (C=O) groups is 1. The maximum absolute atomic E-state index is 12.0. The highest BCUT2D eigenvalue weighted by molar-refractivity contribution is 5.90. The summed E-state index contributed by atoms with van der Waals surface area (Å²) in [6.07, 6.45) is 8.16. The third-order valence-corrected chi connectivity index (χ3v) is 6.59. The lowest BCUT2D eigenvalue weighted by Crippen LogP contribution is -2.55. The van der Waals surface area contributed by atoms with Gasteiger partial charge in [-0.2, -0.15) is 0 Å². The van der Waals surface area contributed by atoms with Gasteiger partial charge in [0.1, 0.15) is 11.9 Å². The average Bonchev–Trinajstić information content (AvgIpc) is 2.81. The number of para-hydroxylation sites is 1. The number of carboxylic acids is 1. The van der Waals surface area contributed by atoms with Crippen molar-refractivity contribution in [2.45, 2.75) is 50.7 Å². The molecule has 0 bridgehead atoms. The lowest BCUT2D eigenvalue weighted by Gasteiger charge is -2.42. The maximum Gasteiger partial charge on any atom is 0.325 e. The van der Waals surface area contributed by atoms with Crippen LogP contribution in [0.5, 0.6) is 0 Å². The van der Waals surface area contributed by atoms with E-state index in [0.717, 1.165) is 55.7 Å². The van der Waals surface area contributed by atoms with Crippen LogP contribution in [0.3, 0.4) is 0 Å². The Bertz CT molecular complexity index is 1020. The number of nitrogens with one attached hydrogen (secondary N) is 1. The van der Waals surface area contributed by atoms with E-state index in [1.54, 1.807) is 19.3 Å². The van der Waals surface area contributed by atoms with E-state index in [1.165, 1.54) is 12.0 Å². The Morgan fingerprint density at radius 2 is 2.18 bits per heavy atom. The predicted molar refractivity (Wildman–Crippen MR) is 135 cm³/mol. The summed E-state index contributed by atoms with van der Waals surface area (Å²) in [5.74, 6) is 0.162. The minimum Gasteiger partial charge on any atom is -0.480 e. The lowest BCUT2D eigenvalue weighted by atomic mass is 9.96. The first-order valence-electron chi connectivity index (χ1n) is 12.2. The highest BCUT2D eigenvalue weighted by atomic mass is 16.5. The highest BCUT2D eigenvalue weighted by Crippen LogP contribution is 2.32. The second-order valence-electron chi connectivity index (χ2n) is 9.08. The zero-order valence-electron chi connectivity index (χ0n) is 19.9. The van der Waals surface area contributed by atoms with Crippen molar-refractivity contribution >= 4 is 23.7 Å². The van der Waals surface area contributed by atoms with Gasteiger partial charge in [-0.05, 0) is 43.7 Å². The Morgan fingerprint density at radius 1 is 1.32 bits per heavy atom. The monoisotopic (exact) mass is 465 g/mol. The zero-order valence-corrected chi connectivity index (χ0v) is 19.9. The smallest absolute Gasteiger partial charge is 0.325 e. The standard InChI is InChI=1S/C26H35N5O3/c1-28-15-19-7-5-10-22(23(19)27)24(26(32)33)31-16-21(17-31)34-14-4-2-3-9-20-12-11-18-8-6-13-29-25(18)30-20/h5,7,10-12,15,21,24H,2-4,6,8-9,13-14,16-17,27H2,1H3,(H,29,30)(H,32,33). The summed E-state index contributed by atoms with van der Waals surface area (Å²) in [5.41, 5.74) is 10.5. The zero-order chi connectivity index (χ0) is 23.9. The van der Waals surface area contributed by atoms with Crippen LogP contribution < -0.4 is 11.1 Å². The van der Waals surface area contributed by atoms with Gasteiger partial charge in [-0.25, -0.2) is 4.98 Å². The molecule has 182 valence electrons. The Morgan fingerprint density at radius 3 is 2.97 bits per heavy atom. The molecule has 4 N–H and O–H groups in total. The fourth-order valence-corrected chi connectivity index (χ4v) is 4.71. The van der Waals surface area contributed by atoms with Gasteiger partial charge < -0.3 is 20.9 Å². The van der Waals surface area contributed by atoms with Crippen molar-refractivity contribution in [3.63, 3.8) is 0 Å². The Hall–Kier alpha value is -2.97. The SMILES string of the molecule is CN=Cc1cccc(C(C(=O)O)N2CC(OCCCCCc3ccc4c(n3)NCCC4)C2)c1N. The van der Waals surface area contributed by atoms with Crippen LogP contribution in [-0.2, 0) is 22.4 Å². The van der Waals surface area contributed by atoms with Gasteiger partial charge in [-0.3, -0.25) is 14.7 Å². The third kappa shape index (κ3) is 5.74. The van der Waals surface area contributed by atoms with Crippen molar-refractivity contribution in [1.82, 2.24) is 9.88 Å². The molecule has 1 saturated heterocycles. The predicted octanol–water partition coefficient (Wildman–Crippen LogP) is 3.31. The number of aliphatic imine (C=N–C) groups is 1. The number of nitrogens with two attached hydrogens (primary N) is 1. The number of unbranched alkanes of at least 4 members (excludes halogenated alkanes) is 2. The summed E-state index contributed by atoms with van der Waals surface area (Å²) in [6, 6.07) is 9.03. The van der Waals surface area contributed by atoms with Crippen molar-refractivity contribution in [3.05, 3.63) is 52.7 Å². The molecule has 8 heteroatoms. The number of benzene rings is 1. The van der Waals surface area contributed by atoms with E-state index in [4.69, 9.17) is 15.5 Å². The molecule has 1 unspecified atom stereocenters. The van der Waals surface area contributed by atoms with Gasteiger partial charge in [0.15, 0.2) is 0 Å². The van der Waals surface area contributed by atoms with E-state index < -0.39 is 12.0 Å². The Labute approximate surface area is 201 Å². The van der Waals surface area contributed by atoms with Crippen LogP contribution in [0.1, 0.15) is 54.1 Å². The minimum absolute atomic E-state index is 0.0665. The maximum atomic E-state index is 12.0. The summed E-state index contributed by atoms with van der Waals surface area (Å²) in [6.45, 7) is 2.89. The molecular formula is C26H35N5O3. The van der Waals surface area contributed by atoms with Gasteiger partial charge in [0.05, 0.1) is 6.10 Å². The molecule has 0 amide bonds. The molecule has 0 spiro atoms. The Balaban J connectivity index is 1.17. The van der Waals surface area contributed by atoms with Crippen molar-refractivity contribution in [3.8, 4) is 0 Å². The summed E-state index contributed by atoms with van der Waals surface area (Å²) in [4.78, 5) is 22.7. The molecule has 1 aromatic heterocycles. The van der Waals surface area contributed by atoms with Crippen LogP contribution in [0, 0.1) is 0 Å². The highest BCUT2D eigenvalue weighted by Gasteiger charge is 2.38. The third-order valence-electron chi connectivity index (χ3n) is 6.59. The average molecular weight is 466 g/mol. The minimum atomic E-state index is -0.901. The van der Waals surface area contributed by atoms with E-state index in [2.05, 4.69) is 22.4 Å². The number of hydrogen-bond acceptors (Lipinski definition) is 7. The van der Waals surface area contributed by atoms with Crippen LogP contribution in [0.4, 0.5) is 11.5 Å². The van der Waals surface area contributed by atoms with Crippen LogP contribution >= 0.6 is 0 Å². The van der Waals surface area contributed by atoms with Crippen molar-refractivity contribution in [2.75, 3.05) is 44.3 Å². The Kier molecular flexibility index (Phi) is 8.13. The number of hydrogen-bond donors (Lipinski definition) is 3. The molecule has 2 aliphatic heterocycles. The molecule has 0 radical (unpaired) electrons. The van der Waals surface area contributed by atoms with Gasteiger partial charge in [0.25, 0.3) is 0 Å². The van der Waals surface area contributed by atoms with Crippen molar-refractivity contribution in [1.29, 1.82) is 0 Å². The number of anilines is 2.